The van der Waals surface area contributed by atoms with Crippen LogP contribution in [0.5, 0.6) is 0 Å². The van der Waals surface area contributed by atoms with E-state index in [1.165, 1.54) is 86.9 Å². The topological polar surface area (TPSA) is 0 Å². The van der Waals surface area contributed by atoms with Crippen LogP contribution < -0.4 is 0 Å². The maximum atomic E-state index is 2.38. The highest BCUT2D eigenvalue weighted by molar-refractivity contribution is 6.22. The fourth-order valence-corrected chi connectivity index (χ4v) is 7.00. The Morgan fingerprint density at radius 3 is 1.29 bits per heavy atom. The van der Waals surface area contributed by atoms with Gasteiger partial charge in [0.1, 0.15) is 0 Å². The average Bonchev–Trinajstić information content (AvgIpc) is 3.05. The molecule has 9 aromatic carbocycles. The minimum atomic E-state index is 1.25. The van der Waals surface area contributed by atoms with Crippen molar-refractivity contribution < 1.29 is 0 Å². The summed E-state index contributed by atoms with van der Waals surface area (Å²) in [6.07, 6.45) is 0. The normalized spacial score (nSPS) is 11.8. The number of benzene rings is 9. The van der Waals surface area contributed by atoms with Crippen LogP contribution in [0.2, 0.25) is 0 Å². The van der Waals surface area contributed by atoms with Crippen molar-refractivity contribution in [1.29, 1.82) is 0 Å². The van der Waals surface area contributed by atoms with E-state index in [1.807, 2.05) is 0 Å². The van der Waals surface area contributed by atoms with Gasteiger partial charge in [0.25, 0.3) is 0 Å². The summed E-state index contributed by atoms with van der Waals surface area (Å²) in [5.74, 6) is 0. The second-order valence-corrected chi connectivity index (χ2v) is 11.3. The lowest BCUT2D eigenvalue weighted by atomic mass is 9.85. The molecule has 0 aliphatic carbocycles. The fourth-order valence-electron chi connectivity index (χ4n) is 7.00. The van der Waals surface area contributed by atoms with Crippen LogP contribution in [0.4, 0.5) is 0 Å². The van der Waals surface area contributed by atoms with Gasteiger partial charge in [-0.1, -0.05) is 133 Å². The third-order valence-electron chi connectivity index (χ3n) is 8.96. The molecule has 194 valence electrons. The van der Waals surface area contributed by atoms with Gasteiger partial charge in [-0.15, -0.1) is 0 Å². The summed E-state index contributed by atoms with van der Waals surface area (Å²) in [4.78, 5) is 0. The predicted molar refractivity (Wildman–Crippen MR) is 182 cm³/mol. The Labute approximate surface area is 244 Å². The van der Waals surface area contributed by atoms with Crippen molar-refractivity contribution in [2.45, 2.75) is 0 Å². The molecule has 0 N–H and O–H groups in total. The summed E-state index contributed by atoms with van der Waals surface area (Å²) in [6.45, 7) is 0. The van der Waals surface area contributed by atoms with E-state index in [4.69, 9.17) is 0 Å². The molecule has 0 radical (unpaired) electrons. The van der Waals surface area contributed by atoms with E-state index in [0.717, 1.165) is 0 Å². The summed E-state index contributed by atoms with van der Waals surface area (Å²) >= 11 is 0. The van der Waals surface area contributed by atoms with Gasteiger partial charge in [-0.05, 0) is 111 Å². The monoisotopic (exact) mass is 530 g/mol. The highest BCUT2D eigenvalue weighted by Gasteiger charge is 2.17. The molecule has 0 saturated heterocycles. The standard InChI is InChI=1S/C42H26/c1-2-11-29-23-32(21-17-27(29)9-1)41-36-13-5-7-15-38(36)42(39-16-8-6-14-37(39)41)33-22-19-30-26-40-31(24-34(30)25-33)20-18-28-10-3-4-12-35(28)40/h1-26H. The predicted octanol–water partition coefficient (Wildman–Crippen LogP) is 11.9. The van der Waals surface area contributed by atoms with E-state index in [2.05, 4.69) is 158 Å². The van der Waals surface area contributed by atoms with Crippen molar-refractivity contribution >= 4 is 64.6 Å². The maximum absolute atomic E-state index is 2.38. The molecule has 9 aromatic rings. The van der Waals surface area contributed by atoms with Crippen LogP contribution >= 0.6 is 0 Å². The van der Waals surface area contributed by atoms with Gasteiger partial charge in [-0.3, -0.25) is 0 Å². The molecule has 0 aliphatic heterocycles. The second-order valence-electron chi connectivity index (χ2n) is 11.3. The van der Waals surface area contributed by atoms with Crippen molar-refractivity contribution in [3.05, 3.63) is 158 Å². The Hall–Kier alpha value is -5.46. The Morgan fingerprint density at radius 1 is 0.214 bits per heavy atom. The van der Waals surface area contributed by atoms with Crippen molar-refractivity contribution in [3.63, 3.8) is 0 Å². The van der Waals surface area contributed by atoms with Crippen molar-refractivity contribution in [2.75, 3.05) is 0 Å². The second kappa shape index (κ2) is 9.03. The lowest BCUT2D eigenvalue weighted by Gasteiger charge is -2.18. The van der Waals surface area contributed by atoms with Crippen LogP contribution in [0.3, 0.4) is 0 Å². The highest BCUT2D eigenvalue weighted by Crippen LogP contribution is 2.44. The first-order valence-corrected chi connectivity index (χ1v) is 14.6. The van der Waals surface area contributed by atoms with Gasteiger partial charge in [0.15, 0.2) is 0 Å². The molecule has 0 heterocycles. The summed E-state index contributed by atoms with van der Waals surface area (Å²) in [5.41, 5.74) is 5.10. The van der Waals surface area contributed by atoms with Gasteiger partial charge in [0.05, 0.1) is 0 Å². The van der Waals surface area contributed by atoms with Crippen LogP contribution in [-0.2, 0) is 0 Å². The first-order valence-electron chi connectivity index (χ1n) is 14.6. The lowest BCUT2D eigenvalue weighted by Crippen LogP contribution is -1.91. The molecule has 0 saturated carbocycles. The zero-order chi connectivity index (χ0) is 27.6. The summed E-state index contributed by atoms with van der Waals surface area (Å²) in [5, 5.41) is 15.4. The van der Waals surface area contributed by atoms with Crippen molar-refractivity contribution in [3.8, 4) is 22.3 Å². The van der Waals surface area contributed by atoms with Gasteiger partial charge in [-0.2, -0.15) is 0 Å². The van der Waals surface area contributed by atoms with Crippen molar-refractivity contribution in [1.82, 2.24) is 0 Å². The first-order chi connectivity index (χ1) is 20.8. The van der Waals surface area contributed by atoms with E-state index in [9.17, 15) is 0 Å². The quantitative estimate of drug-likeness (QED) is 0.154. The van der Waals surface area contributed by atoms with Crippen LogP contribution in [0.1, 0.15) is 0 Å². The molecule has 9 rings (SSSR count). The van der Waals surface area contributed by atoms with Gasteiger partial charge in [0, 0.05) is 0 Å². The molecule has 0 fully saturated rings. The van der Waals surface area contributed by atoms with Crippen molar-refractivity contribution in [2.24, 2.45) is 0 Å². The maximum Gasteiger partial charge on any atom is -0.00262 e. The molecule has 0 bridgehead atoms. The molecule has 0 atom stereocenters. The first kappa shape index (κ1) is 23.3. The Morgan fingerprint density at radius 2 is 0.643 bits per heavy atom. The molecule has 0 nitrogen and oxygen atoms in total. The van der Waals surface area contributed by atoms with E-state index < -0.39 is 0 Å². The van der Waals surface area contributed by atoms with Gasteiger partial charge in [-0.25, -0.2) is 0 Å². The smallest absolute Gasteiger partial charge is 0.00262 e. The van der Waals surface area contributed by atoms with E-state index >= 15 is 0 Å². The van der Waals surface area contributed by atoms with Gasteiger partial charge >= 0.3 is 0 Å². The van der Waals surface area contributed by atoms with E-state index in [1.54, 1.807) is 0 Å². The molecule has 0 amide bonds. The largest absolute Gasteiger partial charge is 0.0616 e. The van der Waals surface area contributed by atoms with Crippen LogP contribution in [0.15, 0.2) is 158 Å². The molecule has 0 spiro atoms. The van der Waals surface area contributed by atoms with Gasteiger partial charge < -0.3 is 0 Å². The molecule has 42 heavy (non-hydrogen) atoms. The number of hydrogen-bond donors (Lipinski definition) is 0. The van der Waals surface area contributed by atoms with Crippen LogP contribution in [0.25, 0.3) is 86.9 Å². The number of hydrogen-bond acceptors (Lipinski definition) is 0. The number of rotatable bonds is 2. The summed E-state index contributed by atoms with van der Waals surface area (Å²) < 4.78 is 0. The third kappa shape index (κ3) is 3.49. The number of fused-ring (bicyclic) bond motifs is 7. The summed E-state index contributed by atoms with van der Waals surface area (Å²) in [6, 6.07) is 58.2. The molecular formula is C42H26. The molecule has 0 aromatic heterocycles. The molecule has 0 unspecified atom stereocenters. The molecule has 0 heteroatoms. The van der Waals surface area contributed by atoms with E-state index in [0.29, 0.717) is 0 Å². The van der Waals surface area contributed by atoms with E-state index in [-0.39, 0.29) is 0 Å². The Balaban J connectivity index is 1.33. The average molecular weight is 531 g/mol. The highest BCUT2D eigenvalue weighted by atomic mass is 14.2. The zero-order valence-corrected chi connectivity index (χ0v) is 23.0. The van der Waals surface area contributed by atoms with Crippen LogP contribution in [0, 0.1) is 0 Å². The minimum Gasteiger partial charge on any atom is -0.0616 e. The minimum absolute atomic E-state index is 1.25. The fraction of sp³-hybridized carbons (Fsp3) is 0. The Bertz CT molecular complexity index is 2460. The molecule has 0 aliphatic rings. The lowest BCUT2D eigenvalue weighted by molar-refractivity contribution is 1.68. The van der Waals surface area contributed by atoms with Gasteiger partial charge in [0.2, 0.25) is 0 Å². The zero-order valence-electron chi connectivity index (χ0n) is 23.0. The summed E-state index contributed by atoms with van der Waals surface area (Å²) in [7, 11) is 0. The third-order valence-corrected chi connectivity index (χ3v) is 8.96. The van der Waals surface area contributed by atoms with Crippen LogP contribution in [-0.4, -0.2) is 0 Å². The Kier molecular flexibility index (Phi) is 5.00. The molecular weight excluding hydrogens is 504 g/mol. The SMILES string of the molecule is c1ccc2cc(-c3c4ccccc4c(-c4ccc5cc6c(ccc7ccccc76)cc5c4)c4ccccc34)ccc2c1.